The highest BCUT2D eigenvalue weighted by molar-refractivity contribution is 9.10. The highest BCUT2D eigenvalue weighted by Gasteiger charge is 2.19. The molecule has 0 saturated carbocycles. The lowest BCUT2D eigenvalue weighted by Crippen LogP contribution is -2.23. The normalized spacial score (nSPS) is 12.2. The minimum atomic E-state index is -0.227. The molecule has 0 radical (unpaired) electrons. The SMILES string of the molecule is CCNC(c1cc(F)ccc1C)c1ccc(Br)cc1OC. The van der Waals surface area contributed by atoms with Gasteiger partial charge in [0.05, 0.1) is 13.2 Å². The molecule has 0 amide bonds. The third-order valence-electron chi connectivity index (χ3n) is 3.47. The van der Waals surface area contributed by atoms with Gasteiger partial charge in [-0.3, -0.25) is 0 Å². The van der Waals surface area contributed by atoms with Crippen LogP contribution in [-0.4, -0.2) is 13.7 Å². The Morgan fingerprint density at radius 3 is 2.62 bits per heavy atom. The second kappa shape index (κ2) is 7.05. The molecule has 1 atom stereocenters. The molecule has 0 saturated heterocycles. The number of benzene rings is 2. The van der Waals surface area contributed by atoms with E-state index in [9.17, 15) is 4.39 Å². The lowest BCUT2D eigenvalue weighted by Gasteiger charge is -2.23. The van der Waals surface area contributed by atoms with E-state index in [-0.39, 0.29) is 11.9 Å². The van der Waals surface area contributed by atoms with Gasteiger partial charge in [-0.1, -0.05) is 35.0 Å². The van der Waals surface area contributed by atoms with E-state index in [1.165, 1.54) is 6.07 Å². The summed E-state index contributed by atoms with van der Waals surface area (Å²) >= 11 is 3.45. The minimum absolute atomic E-state index is 0.103. The van der Waals surface area contributed by atoms with Crippen molar-refractivity contribution in [2.45, 2.75) is 19.9 Å². The van der Waals surface area contributed by atoms with Crippen molar-refractivity contribution in [2.75, 3.05) is 13.7 Å². The first-order valence-electron chi connectivity index (χ1n) is 6.89. The summed E-state index contributed by atoms with van der Waals surface area (Å²) in [6.45, 7) is 4.80. The average Bonchev–Trinajstić information content (AvgIpc) is 2.48. The van der Waals surface area contributed by atoms with E-state index >= 15 is 0 Å². The maximum atomic E-state index is 13.6. The summed E-state index contributed by atoms with van der Waals surface area (Å²) in [7, 11) is 1.65. The maximum absolute atomic E-state index is 13.6. The molecule has 0 bridgehead atoms. The first kappa shape index (κ1) is 16.0. The van der Waals surface area contributed by atoms with E-state index in [1.54, 1.807) is 19.2 Å². The van der Waals surface area contributed by atoms with Gasteiger partial charge in [-0.05, 0) is 48.9 Å². The molecule has 2 nitrogen and oxygen atoms in total. The van der Waals surface area contributed by atoms with Crippen molar-refractivity contribution >= 4 is 15.9 Å². The molecule has 2 rings (SSSR count). The van der Waals surface area contributed by atoms with Crippen LogP contribution in [0.4, 0.5) is 4.39 Å². The molecule has 4 heteroatoms. The van der Waals surface area contributed by atoms with Gasteiger partial charge in [-0.2, -0.15) is 0 Å². The summed E-state index contributed by atoms with van der Waals surface area (Å²) in [5.74, 6) is 0.550. The lowest BCUT2D eigenvalue weighted by atomic mass is 9.94. The molecule has 1 unspecified atom stereocenters. The lowest BCUT2D eigenvalue weighted by molar-refractivity contribution is 0.404. The summed E-state index contributed by atoms with van der Waals surface area (Å²) in [6, 6.07) is 10.7. The molecule has 0 aliphatic rings. The zero-order valence-corrected chi connectivity index (χ0v) is 14.0. The van der Waals surface area contributed by atoms with Crippen molar-refractivity contribution in [3.63, 3.8) is 0 Å². The topological polar surface area (TPSA) is 21.3 Å². The fraction of sp³-hybridized carbons (Fsp3) is 0.294. The Balaban J connectivity index is 2.55. The Morgan fingerprint density at radius 1 is 1.19 bits per heavy atom. The van der Waals surface area contributed by atoms with Gasteiger partial charge in [0.15, 0.2) is 0 Å². The van der Waals surface area contributed by atoms with Crippen molar-refractivity contribution < 1.29 is 9.13 Å². The largest absolute Gasteiger partial charge is 0.496 e. The number of ether oxygens (including phenoxy) is 1. The zero-order chi connectivity index (χ0) is 15.4. The third kappa shape index (κ3) is 3.63. The number of aryl methyl sites for hydroxylation is 1. The van der Waals surface area contributed by atoms with Crippen LogP contribution in [0.1, 0.15) is 29.7 Å². The predicted molar refractivity (Wildman–Crippen MR) is 87.4 cm³/mol. The first-order valence-corrected chi connectivity index (χ1v) is 7.69. The quantitative estimate of drug-likeness (QED) is 0.849. The van der Waals surface area contributed by atoms with Gasteiger partial charge >= 0.3 is 0 Å². The van der Waals surface area contributed by atoms with Crippen LogP contribution in [0.15, 0.2) is 40.9 Å². The van der Waals surface area contributed by atoms with Gasteiger partial charge in [-0.25, -0.2) is 4.39 Å². The smallest absolute Gasteiger partial charge is 0.125 e. The monoisotopic (exact) mass is 351 g/mol. The fourth-order valence-corrected chi connectivity index (χ4v) is 2.78. The number of rotatable bonds is 5. The van der Waals surface area contributed by atoms with Gasteiger partial charge < -0.3 is 10.1 Å². The third-order valence-corrected chi connectivity index (χ3v) is 3.96. The molecule has 0 aromatic heterocycles. The summed E-state index contributed by atoms with van der Waals surface area (Å²) in [4.78, 5) is 0. The first-order chi connectivity index (χ1) is 10.1. The van der Waals surface area contributed by atoms with E-state index < -0.39 is 0 Å². The van der Waals surface area contributed by atoms with Crippen LogP contribution >= 0.6 is 15.9 Å². The van der Waals surface area contributed by atoms with Gasteiger partial charge in [0.1, 0.15) is 11.6 Å². The van der Waals surface area contributed by atoms with E-state index in [0.717, 1.165) is 33.5 Å². The highest BCUT2D eigenvalue weighted by Crippen LogP contribution is 2.33. The number of halogens is 2. The maximum Gasteiger partial charge on any atom is 0.125 e. The van der Waals surface area contributed by atoms with E-state index in [1.807, 2.05) is 32.0 Å². The summed E-state index contributed by atoms with van der Waals surface area (Å²) in [5.41, 5.74) is 2.97. The highest BCUT2D eigenvalue weighted by atomic mass is 79.9. The Hall–Kier alpha value is -1.39. The van der Waals surface area contributed by atoms with Crippen LogP contribution in [0, 0.1) is 12.7 Å². The van der Waals surface area contributed by atoms with Crippen LogP contribution in [0.3, 0.4) is 0 Å². The molecule has 0 spiro atoms. The number of hydrogen-bond donors (Lipinski definition) is 1. The minimum Gasteiger partial charge on any atom is -0.496 e. The number of nitrogens with one attached hydrogen (secondary N) is 1. The molecule has 1 N–H and O–H groups in total. The van der Waals surface area contributed by atoms with Gasteiger partial charge in [0, 0.05) is 10.0 Å². The van der Waals surface area contributed by atoms with Crippen molar-refractivity contribution in [3.05, 3.63) is 63.4 Å². The van der Waals surface area contributed by atoms with E-state index in [0.29, 0.717) is 0 Å². The molecule has 0 aliphatic heterocycles. The van der Waals surface area contributed by atoms with Gasteiger partial charge in [-0.15, -0.1) is 0 Å². The molecule has 0 aliphatic carbocycles. The molecule has 0 fully saturated rings. The molecular formula is C17H19BrFNO. The zero-order valence-electron chi connectivity index (χ0n) is 12.4. The summed E-state index contributed by atoms with van der Waals surface area (Å²) in [5, 5.41) is 3.42. The average molecular weight is 352 g/mol. The Bertz CT molecular complexity index is 630. The molecular weight excluding hydrogens is 333 g/mol. The molecule has 21 heavy (non-hydrogen) atoms. The molecule has 2 aromatic rings. The predicted octanol–water partition coefficient (Wildman–Crippen LogP) is 4.60. The second-order valence-electron chi connectivity index (χ2n) is 4.88. The van der Waals surface area contributed by atoms with Crippen LogP contribution in [0.5, 0.6) is 5.75 Å². The molecule has 112 valence electrons. The summed E-state index contributed by atoms with van der Waals surface area (Å²) < 4.78 is 20.1. The van der Waals surface area contributed by atoms with E-state index in [2.05, 4.69) is 21.2 Å². The van der Waals surface area contributed by atoms with Crippen molar-refractivity contribution in [1.82, 2.24) is 5.32 Å². The van der Waals surface area contributed by atoms with Crippen molar-refractivity contribution in [1.29, 1.82) is 0 Å². The van der Waals surface area contributed by atoms with Crippen LogP contribution in [0.2, 0.25) is 0 Å². The van der Waals surface area contributed by atoms with E-state index in [4.69, 9.17) is 4.74 Å². The Labute approximate surface area is 133 Å². The molecule has 2 aromatic carbocycles. The Kier molecular flexibility index (Phi) is 5.37. The van der Waals surface area contributed by atoms with Gasteiger partial charge in [0.25, 0.3) is 0 Å². The fourth-order valence-electron chi connectivity index (χ4n) is 2.44. The number of methoxy groups -OCH3 is 1. The molecule has 0 heterocycles. The Morgan fingerprint density at radius 2 is 1.95 bits per heavy atom. The number of hydrogen-bond acceptors (Lipinski definition) is 2. The van der Waals surface area contributed by atoms with Gasteiger partial charge in [0.2, 0.25) is 0 Å². The van der Waals surface area contributed by atoms with Crippen LogP contribution in [0.25, 0.3) is 0 Å². The standard InChI is InChI=1S/C17H19BrFNO/c1-4-20-17(15-10-13(19)7-5-11(15)2)14-8-6-12(18)9-16(14)21-3/h5-10,17,20H,4H2,1-3H3. The van der Waals surface area contributed by atoms with Crippen LogP contribution < -0.4 is 10.1 Å². The second-order valence-corrected chi connectivity index (χ2v) is 5.79. The summed E-state index contributed by atoms with van der Waals surface area (Å²) in [6.07, 6.45) is 0. The van der Waals surface area contributed by atoms with Crippen molar-refractivity contribution in [3.8, 4) is 5.75 Å². The van der Waals surface area contributed by atoms with Crippen LogP contribution in [-0.2, 0) is 0 Å². The van der Waals surface area contributed by atoms with Crippen molar-refractivity contribution in [2.24, 2.45) is 0 Å².